The van der Waals surface area contributed by atoms with E-state index in [-0.39, 0.29) is 0 Å². The molecule has 2 heteroatoms. The Morgan fingerprint density at radius 3 is 2.54 bits per heavy atom. The Hall–Kier alpha value is -0.340. The van der Waals surface area contributed by atoms with Gasteiger partial charge in [0.25, 0.3) is 0 Å². The molecule has 0 aliphatic carbocycles. The quantitative estimate of drug-likeness (QED) is 0.612. The van der Waals surface area contributed by atoms with Crippen LogP contribution in [0, 0.1) is 5.92 Å². The zero-order valence-electron chi connectivity index (χ0n) is 9.34. The van der Waals surface area contributed by atoms with Gasteiger partial charge in [0.2, 0.25) is 0 Å². The third-order valence-electron chi connectivity index (χ3n) is 2.17. The molecule has 0 radical (unpaired) electrons. The van der Waals surface area contributed by atoms with Gasteiger partial charge in [0, 0.05) is 13.1 Å². The van der Waals surface area contributed by atoms with Gasteiger partial charge in [-0.25, -0.2) is 0 Å². The first-order valence-corrected chi connectivity index (χ1v) is 5.16. The molecule has 0 spiro atoms. The standard InChI is InChI=1S/C11H24N2/c1-5-13(8-10(2)3)9-11(4)6-7-12/h11H,2,5-9,12H2,1,3-4H3. The average Bonchev–Trinajstić information content (AvgIpc) is 2.02. The lowest BCUT2D eigenvalue weighted by Crippen LogP contribution is -2.30. The third kappa shape index (κ3) is 6.79. The van der Waals surface area contributed by atoms with Gasteiger partial charge in [-0.3, -0.25) is 4.90 Å². The highest BCUT2D eigenvalue weighted by atomic mass is 15.1. The van der Waals surface area contributed by atoms with Gasteiger partial charge in [0.1, 0.15) is 0 Å². The molecule has 0 fully saturated rings. The molecule has 0 aromatic heterocycles. The van der Waals surface area contributed by atoms with Gasteiger partial charge in [-0.2, -0.15) is 0 Å². The van der Waals surface area contributed by atoms with Crippen molar-refractivity contribution in [3.8, 4) is 0 Å². The normalized spacial score (nSPS) is 13.3. The van der Waals surface area contributed by atoms with Crippen molar-refractivity contribution in [2.75, 3.05) is 26.2 Å². The fourth-order valence-corrected chi connectivity index (χ4v) is 1.50. The van der Waals surface area contributed by atoms with Gasteiger partial charge in [0.05, 0.1) is 0 Å². The van der Waals surface area contributed by atoms with Crippen molar-refractivity contribution in [2.45, 2.75) is 27.2 Å². The molecule has 0 aromatic carbocycles. The monoisotopic (exact) mass is 184 g/mol. The summed E-state index contributed by atoms with van der Waals surface area (Å²) in [6.45, 7) is 14.5. The van der Waals surface area contributed by atoms with Crippen molar-refractivity contribution >= 4 is 0 Å². The van der Waals surface area contributed by atoms with E-state index in [0.29, 0.717) is 5.92 Å². The van der Waals surface area contributed by atoms with Gasteiger partial charge in [-0.1, -0.05) is 26.0 Å². The van der Waals surface area contributed by atoms with Crippen LogP contribution in [0.15, 0.2) is 12.2 Å². The summed E-state index contributed by atoms with van der Waals surface area (Å²) >= 11 is 0. The van der Waals surface area contributed by atoms with E-state index >= 15 is 0 Å². The van der Waals surface area contributed by atoms with Crippen molar-refractivity contribution in [1.29, 1.82) is 0 Å². The molecule has 0 rings (SSSR count). The highest BCUT2D eigenvalue weighted by molar-refractivity contribution is 4.91. The van der Waals surface area contributed by atoms with E-state index in [9.17, 15) is 0 Å². The zero-order valence-corrected chi connectivity index (χ0v) is 9.34. The van der Waals surface area contributed by atoms with E-state index in [1.54, 1.807) is 0 Å². The average molecular weight is 184 g/mol. The summed E-state index contributed by atoms with van der Waals surface area (Å²) in [6, 6.07) is 0. The Morgan fingerprint density at radius 1 is 1.54 bits per heavy atom. The summed E-state index contributed by atoms with van der Waals surface area (Å²) in [7, 11) is 0. The van der Waals surface area contributed by atoms with Gasteiger partial charge in [-0.15, -0.1) is 0 Å². The van der Waals surface area contributed by atoms with E-state index in [1.807, 2.05) is 0 Å². The van der Waals surface area contributed by atoms with E-state index in [1.165, 1.54) is 5.57 Å². The second-order valence-corrected chi connectivity index (χ2v) is 3.97. The largest absolute Gasteiger partial charge is 0.330 e. The summed E-state index contributed by atoms with van der Waals surface area (Å²) < 4.78 is 0. The topological polar surface area (TPSA) is 29.3 Å². The lowest BCUT2D eigenvalue weighted by Gasteiger charge is -2.24. The fraction of sp³-hybridized carbons (Fsp3) is 0.818. The van der Waals surface area contributed by atoms with Crippen LogP contribution in [0.4, 0.5) is 0 Å². The minimum atomic E-state index is 0.698. The van der Waals surface area contributed by atoms with E-state index in [0.717, 1.165) is 32.6 Å². The number of hydrogen-bond donors (Lipinski definition) is 1. The van der Waals surface area contributed by atoms with Gasteiger partial charge in [0.15, 0.2) is 0 Å². The number of nitrogens with zero attached hydrogens (tertiary/aromatic N) is 1. The van der Waals surface area contributed by atoms with Crippen molar-refractivity contribution in [2.24, 2.45) is 11.7 Å². The number of rotatable bonds is 7. The highest BCUT2D eigenvalue weighted by Crippen LogP contribution is 2.05. The fourth-order valence-electron chi connectivity index (χ4n) is 1.50. The molecular weight excluding hydrogens is 160 g/mol. The number of nitrogens with two attached hydrogens (primary N) is 1. The first-order chi connectivity index (χ1) is 6.10. The molecule has 0 aliphatic heterocycles. The van der Waals surface area contributed by atoms with Crippen LogP contribution in [0.2, 0.25) is 0 Å². The maximum Gasteiger partial charge on any atom is 0.0187 e. The van der Waals surface area contributed by atoms with Gasteiger partial charge < -0.3 is 5.73 Å². The Morgan fingerprint density at radius 2 is 2.15 bits per heavy atom. The van der Waals surface area contributed by atoms with Crippen molar-refractivity contribution in [1.82, 2.24) is 4.90 Å². The maximum absolute atomic E-state index is 5.51. The number of hydrogen-bond acceptors (Lipinski definition) is 2. The predicted octanol–water partition coefficient (Wildman–Crippen LogP) is 1.87. The lowest BCUT2D eigenvalue weighted by molar-refractivity contribution is 0.262. The highest BCUT2D eigenvalue weighted by Gasteiger charge is 2.07. The van der Waals surface area contributed by atoms with Crippen molar-refractivity contribution in [3.63, 3.8) is 0 Å². The first kappa shape index (κ1) is 12.7. The van der Waals surface area contributed by atoms with Crippen molar-refractivity contribution < 1.29 is 0 Å². The summed E-state index contributed by atoms with van der Waals surface area (Å²) in [5.74, 6) is 0.698. The summed E-state index contributed by atoms with van der Waals surface area (Å²) in [5, 5.41) is 0. The van der Waals surface area contributed by atoms with Crippen LogP contribution in [0.5, 0.6) is 0 Å². The Balaban J connectivity index is 3.75. The summed E-state index contributed by atoms with van der Waals surface area (Å²) in [6.07, 6.45) is 1.12. The molecule has 0 saturated heterocycles. The molecular formula is C11H24N2. The van der Waals surface area contributed by atoms with Crippen LogP contribution in [0.3, 0.4) is 0 Å². The lowest BCUT2D eigenvalue weighted by atomic mass is 10.1. The summed E-state index contributed by atoms with van der Waals surface area (Å²) in [4.78, 5) is 2.42. The SMILES string of the molecule is C=C(C)CN(CC)CC(C)CCN. The molecule has 2 N–H and O–H groups in total. The second-order valence-electron chi connectivity index (χ2n) is 3.97. The Kier molecular flexibility index (Phi) is 6.92. The molecule has 0 heterocycles. The van der Waals surface area contributed by atoms with E-state index in [2.05, 4.69) is 32.3 Å². The zero-order chi connectivity index (χ0) is 10.3. The van der Waals surface area contributed by atoms with Crippen LogP contribution in [-0.2, 0) is 0 Å². The Bertz CT molecular complexity index is 143. The van der Waals surface area contributed by atoms with Crippen LogP contribution < -0.4 is 5.73 Å². The molecule has 1 unspecified atom stereocenters. The second kappa shape index (κ2) is 7.10. The smallest absolute Gasteiger partial charge is 0.0187 e. The first-order valence-electron chi connectivity index (χ1n) is 5.16. The Labute approximate surface area is 82.8 Å². The molecule has 0 saturated carbocycles. The minimum Gasteiger partial charge on any atom is -0.330 e. The molecule has 1 atom stereocenters. The van der Waals surface area contributed by atoms with Crippen LogP contribution >= 0.6 is 0 Å². The maximum atomic E-state index is 5.51. The molecule has 0 amide bonds. The minimum absolute atomic E-state index is 0.698. The third-order valence-corrected chi connectivity index (χ3v) is 2.17. The van der Waals surface area contributed by atoms with Crippen LogP contribution in [-0.4, -0.2) is 31.1 Å². The van der Waals surface area contributed by atoms with Crippen molar-refractivity contribution in [3.05, 3.63) is 12.2 Å². The predicted molar refractivity (Wildman–Crippen MR) is 59.8 cm³/mol. The molecule has 13 heavy (non-hydrogen) atoms. The molecule has 0 bridgehead atoms. The molecule has 0 aromatic rings. The number of likely N-dealkylation sites (N-methyl/N-ethyl adjacent to an activating group) is 1. The molecule has 2 nitrogen and oxygen atoms in total. The van der Waals surface area contributed by atoms with Crippen LogP contribution in [0.25, 0.3) is 0 Å². The van der Waals surface area contributed by atoms with Crippen LogP contribution in [0.1, 0.15) is 27.2 Å². The van der Waals surface area contributed by atoms with E-state index < -0.39 is 0 Å². The molecule has 0 aliphatic rings. The van der Waals surface area contributed by atoms with E-state index in [4.69, 9.17) is 5.73 Å². The molecule has 78 valence electrons. The van der Waals surface area contributed by atoms with Gasteiger partial charge >= 0.3 is 0 Å². The van der Waals surface area contributed by atoms with Gasteiger partial charge in [-0.05, 0) is 32.4 Å². The summed E-state index contributed by atoms with van der Waals surface area (Å²) in [5.41, 5.74) is 6.75.